The average Bonchev–Trinajstić information content (AvgIpc) is 3.13. The number of rotatable bonds is 3. The number of thiophene rings is 1. The van der Waals surface area contributed by atoms with Gasteiger partial charge in [-0.3, -0.25) is 4.98 Å². The van der Waals surface area contributed by atoms with E-state index in [0.29, 0.717) is 0 Å². The van der Waals surface area contributed by atoms with E-state index < -0.39 is 8.07 Å². The van der Waals surface area contributed by atoms with E-state index in [9.17, 15) is 0 Å². The lowest BCUT2D eigenvalue weighted by Crippen LogP contribution is -2.38. The molecule has 0 saturated heterocycles. The van der Waals surface area contributed by atoms with Crippen molar-refractivity contribution in [3.8, 4) is 11.3 Å². The normalized spacial score (nSPS) is 12.8. The molecule has 0 bridgehead atoms. The second kappa shape index (κ2) is 7.96. The fourth-order valence-corrected chi connectivity index (χ4v) is 7.61. The molecule has 0 saturated carbocycles. The zero-order chi connectivity index (χ0) is 24.4. The van der Waals surface area contributed by atoms with Gasteiger partial charge in [0.15, 0.2) is 0 Å². The van der Waals surface area contributed by atoms with Crippen LogP contribution in [0.5, 0.6) is 0 Å². The summed E-state index contributed by atoms with van der Waals surface area (Å²) in [5.41, 5.74) is 8.53. The van der Waals surface area contributed by atoms with Gasteiger partial charge in [0.05, 0.1) is 29.5 Å². The Balaban J connectivity index is 1.78. The van der Waals surface area contributed by atoms with Crippen molar-refractivity contribution < 1.29 is 0 Å². The number of hydrogen-bond acceptors (Lipinski definition) is 4. The van der Waals surface area contributed by atoms with Gasteiger partial charge in [0.2, 0.25) is 0 Å². The molecule has 0 atom stereocenters. The molecule has 0 radical (unpaired) electrons. The van der Waals surface area contributed by atoms with E-state index in [2.05, 4.69) is 90.7 Å². The van der Waals surface area contributed by atoms with Crippen LogP contribution in [0.4, 0.5) is 0 Å². The van der Waals surface area contributed by atoms with Crippen LogP contribution in [0.1, 0.15) is 37.6 Å². The largest absolute Gasteiger partial charge is 0.253 e. The van der Waals surface area contributed by atoms with Crippen molar-refractivity contribution in [1.29, 1.82) is 0 Å². The molecule has 0 amide bonds. The number of pyridine rings is 1. The molecule has 0 aliphatic rings. The van der Waals surface area contributed by atoms with Crippen LogP contribution in [-0.2, 0) is 6.42 Å². The van der Waals surface area contributed by atoms with Crippen LogP contribution < -0.4 is 5.19 Å². The third kappa shape index (κ3) is 4.05. The molecular formula is C29H33N3SSi. The van der Waals surface area contributed by atoms with Crippen LogP contribution in [0, 0.1) is 19.3 Å². The van der Waals surface area contributed by atoms with E-state index >= 15 is 0 Å². The van der Waals surface area contributed by atoms with Crippen molar-refractivity contribution in [2.45, 2.75) is 60.7 Å². The Hall–Kier alpha value is -2.63. The molecule has 3 aromatic heterocycles. The van der Waals surface area contributed by atoms with E-state index in [1.54, 1.807) is 6.33 Å². The third-order valence-corrected chi connectivity index (χ3v) is 9.83. The van der Waals surface area contributed by atoms with E-state index in [0.717, 1.165) is 28.8 Å². The van der Waals surface area contributed by atoms with Crippen molar-refractivity contribution in [2.24, 2.45) is 5.41 Å². The molecule has 3 nitrogen and oxygen atoms in total. The predicted octanol–water partition coefficient (Wildman–Crippen LogP) is 7.81. The fraction of sp³-hybridized carbons (Fsp3) is 0.345. The second-order valence-electron chi connectivity index (χ2n) is 11.8. The minimum atomic E-state index is -1.63. The fourth-order valence-electron chi connectivity index (χ4n) is 4.82. The van der Waals surface area contributed by atoms with Gasteiger partial charge in [-0.2, -0.15) is 0 Å². The molecule has 5 aromatic rings. The van der Waals surface area contributed by atoms with Gasteiger partial charge in [0.25, 0.3) is 0 Å². The van der Waals surface area contributed by atoms with Gasteiger partial charge >= 0.3 is 0 Å². The summed E-state index contributed by atoms with van der Waals surface area (Å²) >= 11 is 1.84. The van der Waals surface area contributed by atoms with Gasteiger partial charge in [-0.25, -0.2) is 9.97 Å². The van der Waals surface area contributed by atoms with E-state index in [4.69, 9.17) is 15.0 Å². The number of aryl methyl sites for hydroxylation is 2. The van der Waals surface area contributed by atoms with Crippen LogP contribution in [0.2, 0.25) is 19.6 Å². The van der Waals surface area contributed by atoms with Gasteiger partial charge in [-0.05, 0) is 54.1 Å². The van der Waals surface area contributed by atoms with Crippen LogP contribution in [0.15, 0.2) is 42.7 Å². The van der Waals surface area contributed by atoms with Crippen molar-refractivity contribution in [3.05, 3.63) is 59.5 Å². The number of hydrogen-bond donors (Lipinski definition) is 0. The lowest BCUT2D eigenvalue weighted by Gasteiger charge is -2.20. The van der Waals surface area contributed by atoms with E-state index in [1.807, 2.05) is 11.3 Å². The average molecular weight is 484 g/mol. The minimum absolute atomic E-state index is 0.255. The summed E-state index contributed by atoms with van der Waals surface area (Å²) in [6.07, 6.45) is 2.80. The third-order valence-electron chi connectivity index (χ3n) is 6.52. The molecular weight excluding hydrogens is 450 g/mol. The quantitative estimate of drug-likeness (QED) is 0.246. The second-order valence-corrected chi connectivity index (χ2v) is 17.8. The summed E-state index contributed by atoms with van der Waals surface area (Å²) in [5, 5.41) is 3.82. The summed E-state index contributed by atoms with van der Waals surface area (Å²) in [6, 6.07) is 13.5. The van der Waals surface area contributed by atoms with Crippen molar-refractivity contribution in [2.75, 3.05) is 0 Å². The Morgan fingerprint density at radius 2 is 1.65 bits per heavy atom. The van der Waals surface area contributed by atoms with Gasteiger partial charge < -0.3 is 0 Å². The summed E-state index contributed by atoms with van der Waals surface area (Å²) in [6.45, 7) is 18.4. The topological polar surface area (TPSA) is 38.7 Å². The lowest BCUT2D eigenvalue weighted by molar-refractivity contribution is 0.410. The number of aromatic nitrogens is 3. The highest BCUT2D eigenvalue weighted by atomic mass is 32.1. The zero-order valence-corrected chi connectivity index (χ0v) is 23.3. The smallest absolute Gasteiger partial charge is 0.116 e. The molecule has 0 fully saturated rings. The number of fused-ring (bicyclic) bond motifs is 4. The van der Waals surface area contributed by atoms with Gasteiger partial charge in [-0.15, -0.1) is 11.3 Å². The highest BCUT2D eigenvalue weighted by molar-refractivity contribution is 7.26. The Labute approximate surface area is 207 Å². The number of benzene rings is 2. The summed E-state index contributed by atoms with van der Waals surface area (Å²) in [5.74, 6) is 0. The Morgan fingerprint density at radius 1 is 0.882 bits per heavy atom. The molecule has 0 unspecified atom stereocenters. The molecule has 3 heterocycles. The molecule has 0 aliphatic carbocycles. The maximum atomic E-state index is 4.93. The monoisotopic (exact) mass is 483 g/mol. The van der Waals surface area contributed by atoms with Crippen molar-refractivity contribution in [1.82, 2.24) is 15.0 Å². The van der Waals surface area contributed by atoms with Gasteiger partial charge in [0.1, 0.15) is 6.33 Å². The molecule has 34 heavy (non-hydrogen) atoms. The van der Waals surface area contributed by atoms with Gasteiger partial charge in [-0.1, -0.05) is 64.7 Å². The van der Waals surface area contributed by atoms with Crippen LogP contribution in [-0.4, -0.2) is 23.0 Å². The van der Waals surface area contributed by atoms with E-state index in [-0.39, 0.29) is 5.41 Å². The van der Waals surface area contributed by atoms with Crippen molar-refractivity contribution >= 4 is 55.8 Å². The highest BCUT2D eigenvalue weighted by Gasteiger charge is 2.23. The standard InChI is InChI=1S/C29H33N3SSi/c1-17-9-10-19-13-21(14-23(24(19)32-17)34(6,7)8)25-28-26(31-16-30-25)22-12-11-20(15-29(3,4)5)18(2)27(22)33-28/h9-14,16H,15H2,1-8H3. The Bertz CT molecular complexity index is 1570. The first kappa shape index (κ1) is 23.1. The van der Waals surface area contributed by atoms with Crippen LogP contribution >= 0.6 is 11.3 Å². The summed E-state index contributed by atoms with van der Waals surface area (Å²) < 4.78 is 2.51. The van der Waals surface area contributed by atoms with Crippen molar-refractivity contribution in [3.63, 3.8) is 0 Å². The van der Waals surface area contributed by atoms with E-state index in [1.165, 1.54) is 42.0 Å². The molecule has 0 aliphatic heterocycles. The first-order chi connectivity index (χ1) is 15.9. The molecule has 5 heteroatoms. The van der Waals surface area contributed by atoms with Crippen LogP contribution in [0.3, 0.4) is 0 Å². The van der Waals surface area contributed by atoms with Crippen LogP contribution in [0.25, 0.3) is 42.5 Å². The first-order valence-electron chi connectivity index (χ1n) is 12.0. The Morgan fingerprint density at radius 3 is 2.35 bits per heavy atom. The molecule has 2 aromatic carbocycles. The Kier molecular flexibility index (Phi) is 5.41. The molecule has 0 spiro atoms. The summed E-state index contributed by atoms with van der Waals surface area (Å²) in [7, 11) is -1.63. The minimum Gasteiger partial charge on any atom is -0.253 e. The first-order valence-corrected chi connectivity index (χ1v) is 16.3. The predicted molar refractivity (Wildman–Crippen MR) is 151 cm³/mol. The number of nitrogens with zero attached hydrogens (tertiary/aromatic N) is 3. The maximum absolute atomic E-state index is 4.93. The highest BCUT2D eigenvalue weighted by Crippen LogP contribution is 2.41. The SMILES string of the molecule is Cc1ccc2cc(-c3ncnc4c3sc3c(C)c(CC(C)(C)C)ccc34)cc([Si](C)(C)C)c2n1. The zero-order valence-electron chi connectivity index (χ0n) is 21.5. The maximum Gasteiger partial charge on any atom is 0.116 e. The molecule has 174 valence electrons. The lowest BCUT2D eigenvalue weighted by atomic mass is 9.86. The van der Waals surface area contributed by atoms with Gasteiger partial charge in [0, 0.05) is 26.7 Å². The molecule has 5 rings (SSSR count). The molecule has 0 N–H and O–H groups in total. The summed E-state index contributed by atoms with van der Waals surface area (Å²) in [4.78, 5) is 14.5.